The summed E-state index contributed by atoms with van der Waals surface area (Å²) in [5.41, 5.74) is 12.5. The zero-order chi connectivity index (χ0) is 22.8. The number of amidine groups is 1. The van der Waals surface area contributed by atoms with Gasteiger partial charge in [-0.3, -0.25) is 5.41 Å². The zero-order valence-electron chi connectivity index (χ0n) is 16.4. The molecule has 0 aliphatic rings. The van der Waals surface area contributed by atoms with Crippen LogP contribution in [0.1, 0.15) is 10.4 Å². The Labute approximate surface area is 191 Å². The van der Waals surface area contributed by atoms with Crippen molar-refractivity contribution in [2.45, 2.75) is 19.8 Å². The molecule has 31 heavy (non-hydrogen) atoms. The Morgan fingerprint density at radius 2 is 1.87 bits per heavy atom. The number of nitrogen functional groups attached to an aromatic ring is 2. The Bertz CT molecular complexity index is 1380. The largest absolute Gasteiger partial charge is 0.398 e. The number of para-hydroxylation sites is 1. The van der Waals surface area contributed by atoms with Crippen LogP contribution in [0.15, 0.2) is 72.4 Å². The average Bonchev–Trinajstić information content (AvgIpc) is 3.15. The molecule has 3 rings (SSSR count). The van der Waals surface area contributed by atoms with E-state index >= 15 is 0 Å². The van der Waals surface area contributed by atoms with Crippen molar-refractivity contribution >= 4 is 67.7 Å². The minimum Gasteiger partial charge on any atom is -0.398 e. The number of anilines is 1. The van der Waals surface area contributed by atoms with E-state index in [1.165, 1.54) is 30.0 Å². The van der Waals surface area contributed by atoms with Crippen LogP contribution in [0.25, 0.3) is 0 Å². The molecule has 0 amide bonds. The molecule has 3 aromatic rings. The molecule has 160 valence electrons. The monoisotopic (exact) mass is 490 g/mol. The van der Waals surface area contributed by atoms with E-state index in [1.54, 1.807) is 42.7 Å². The molecule has 1 unspecified atom stereocenters. The number of thioether (sulfide) groups is 1. The van der Waals surface area contributed by atoms with Crippen molar-refractivity contribution in [1.29, 1.82) is 5.41 Å². The predicted octanol–water partition coefficient (Wildman–Crippen LogP) is 2.55. The summed E-state index contributed by atoms with van der Waals surface area (Å²) in [6.45, 7) is 0. The number of thiophene rings is 1. The SMILES string of the molecule is [B]c1cccc(S(=O)(=NS(=O)(=O)Cc2ccccc2N)c2cc(C(=N)N)sc2SC)c1. The highest BCUT2D eigenvalue weighted by Crippen LogP contribution is 2.38. The van der Waals surface area contributed by atoms with Gasteiger partial charge in [0.25, 0.3) is 10.0 Å². The third-order valence-corrected chi connectivity index (χ3v) is 11.0. The second-order valence-electron chi connectivity index (χ2n) is 6.48. The third-order valence-electron chi connectivity index (χ3n) is 4.20. The number of hydrogen-bond donors (Lipinski definition) is 3. The lowest BCUT2D eigenvalue weighted by atomic mass is 9.97. The van der Waals surface area contributed by atoms with Crippen LogP contribution >= 0.6 is 23.1 Å². The van der Waals surface area contributed by atoms with Gasteiger partial charge in [-0.1, -0.05) is 41.9 Å². The fourth-order valence-corrected chi connectivity index (χ4v) is 9.53. The van der Waals surface area contributed by atoms with Crippen LogP contribution in [0.5, 0.6) is 0 Å². The molecule has 5 N–H and O–H groups in total. The number of rotatable bonds is 7. The van der Waals surface area contributed by atoms with E-state index in [4.69, 9.17) is 24.7 Å². The van der Waals surface area contributed by atoms with Gasteiger partial charge >= 0.3 is 0 Å². The summed E-state index contributed by atoms with van der Waals surface area (Å²) >= 11 is 2.43. The van der Waals surface area contributed by atoms with Crippen LogP contribution in [-0.4, -0.2) is 32.6 Å². The molecule has 1 aromatic heterocycles. The maximum absolute atomic E-state index is 14.3. The molecule has 0 fully saturated rings. The topological polar surface area (TPSA) is 139 Å². The Balaban J connectivity index is 2.29. The maximum atomic E-state index is 14.3. The highest BCUT2D eigenvalue weighted by atomic mass is 32.3. The van der Waals surface area contributed by atoms with Crippen LogP contribution in [0.2, 0.25) is 0 Å². The summed E-state index contributed by atoms with van der Waals surface area (Å²) in [4.78, 5) is 0.710. The van der Waals surface area contributed by atoms with Crippen molar-refractivity contribution in [2.24, 2.45) is 9.50 Å². The van der Waals surface area contributed by atoms with Gasteiger partial charge in [-0.2, -0.15) is 0 Å². The lowest BCUT2D eigenvalue weighted by molar-refractivity contribution is 0.597. The Morgan fingerprint density at radius 1 is 1.16 bits per heavy atom. The van der Waals surface area contributed by atoms with Gasteiger partial charge < -0.3 is 11.5 Å². The van der Waals surface area contributed by atoms with E-state index in [1.807, 2.05) is 0 Å². The first-order valence-corrected chi connectivity index (χ1v) is 13.9. The number of nitrogens with one attached hydrogen (secondary N) is 1. The molecule has 0 saturated carbocycles. The summed E-state index contributed by atoms with van der Waals surface area (Å²) in [6.07, 6.45) is 1.76. The van der Waals surface area contributed by atoms with E-state index in [-0.39, 0.29) is 15.6 Å². The van der Waals surface area contributed by atoms with Crippen LogP contribution in [0.3, 0.4) is 0 Å². The molecule has 2 radical (unpaired) electrons. The average molecular weight is 490 g/mol. The quantitative estimate of drug-likeness (QED) is 0.153. The Hall–Kier alpha value is -2.28. The van der Waals surface area contributed by atoms with Gasteiger partial charge in [-0.15, -0.1) is 26.9 Å². The molecular weight excluding hydrogens is 471 g/mol. The van der Waals surface area contributed by atoms with E-state index in [0.29, 0.717) is 25.8 Å². The maximum Gasteiger partial charge on any atom is 0.265 e. The highest BCUT2D eigenvalue weighted by molar-refractivity contribution is 8.04. The van der Waals surface area contributed by atoms with Gasteiger partial charge in [0.15, 0.2) is 0 Å². The van der Waals surface area contributed by atoms with Gasteiger partial charge in [-0.25, -0.2) is 12.6 Å². The van der Waals surface area contributed by atoms with E-state index in [9.17, 15) is 12.6 Å². The van der Waals surface area contributed by atoms with Crippen molar-refractivity contribution in [3.8, 4) is 0 Å². The lowest BCUT2D eigenvalue weighted by Gasteiger charge is -2.12. The fraction of sp³-hybridized carbons (Fsp3) is 0.105. The molecule has 12 heteroatoms. The first kappa shape index (κ1) is 23.4. The number of nitrogens with two attached hydrogens (primary N) is 2. The smallest absolute Gasteiger partial charge is 0.265 e. The van der Waals surface area contributed by atoms with Crippen molar-refractivity contribution in [3.63, 3.8) is 0 Å². The molecule has 7 nitrogen and oxygen atoms in total. The van der Waals surface area contributed by atoms with Crippen molar-refractivity contribution in [2.75, 3.05) is 12.0 Å². The predicted molar refractivity (Wildman–Crippen MR) is 130 cm³/mol. The van der Waals surface area contributed by atoms with Crippen molar-refractivity contribution < 1.29 is 12.6 Å². The summed E-state index contributed by atoms with van der Waals surface area (Å²) in [7, 11) is -2.01. The van der Waals surface area contributed by atoms with Gasteiger partial charge in [0, 0.05) is 5.69 Å². The lowest BCUT2D eigenvalue weighted by Crippen LogP contribution is -2.12. The molecule has 0 aliphatic carbocycles. The first-order valence-electron chi connectivity index (χ1n) is 8.78. The minimum absolute atomic E-state index is 0.153. The normalized spacial score (nSPS) is 13.5. The molecule has 1 atom stereocenters. The molecule has 0 aliphatic heterocycles. The van der Waals surface area contributed by atoms with Crippen LogP contribution in [0.4, 0.5) is 5.69 Å². The Kier molecular flexibility index (Phi) is 6.84. The molecule has 0 spiro atoms. The summed E-state index contributed by atoms with van der Waals surface area (Å²) in [5, 5.41) is 7.72. The fourth-order valence-electron chi connectivity index (χ4n) is 2.77. The first-order chi connectivity index (χ1) is 14.6. The van der Waals surface area contributed by atoms with E-state index in [2.05, 4.69) is 3.77 Å². The minimum atomic E-state index is -4.22. The van der Waals surface area contributed by atoms with Crippen molar-refractivity contribution in [3.05, 3.63) is 65.0 Å². The second kappa shape index (κ2) is 9.07. The van der Waals surface area contributed by atoms with Crippen LogP contribution < -0.4 is 16.9 Å². The van der Waals surface area contributed by atoms with Crippen LogP contribution in [-0.2, 0) is 25.5 Å². The Morgan fingerprint density at radius 3 is 2.48 bits per heavy atom. The molecule has 0 bridgehead atoms. The summed E-state index contributed by atoms with van der Waals surface area (Å²) < 4.78 is 44.8. The number of benzene rings is 2. The molecule has 0 saturated heterocycles. The van der Waals surface area contributed by atoms with Gasteiger partial charge in [0.05, 0.1) is 24.6 Å². The van der Waals surface area contributed by atoms with Gasteiger partial charge in [0.2, 0.25) is 0 Å². The van der Waals surface area contributed by atoms with E-state index in [0.717, 1.165) is 11.3 Å². The summed E-state index contributed by atoms with van der Waals surface area (Å²) in [5.74, 6) is -0.710. The van der Waals surface area contributed by atoms with Crippen LogP contribution in [0, 0.1) is 5.41 Å². The number of nitrogens with zero attached hydrogens (tertiary/aromatic N) is 1. The van der Waals surface area contributed by atoms with E-state index < -0.39 is 25.5 Å². The number of sulfonamides is 1. The number of hydrogen-bond acceptors (Lipinski definition) is 7. The van der Waals surface area contributed by atoms with Crippen molar-refractivity contribution in [1.82, 2.24) is 0 Å². The third kappa shape index (κ3) is 5.14. The van der Waals surface area contributed by atoms with Gasteiger partial charge in [0.1, 0.15) is 23.4 Å². The standard InChI is InChI=1S/C19H19BN4O3S4/c1-28-19-17(10-16(29-19)18(22)23)31(27,14-7-4-6-13(20)9-14)24-30(25,26)11-12-5-2-3-8-15(12)21/h2-10H,11,21H2,1H3,(H3,22,23). The zero-order valence-corrected chi connectivity index (χ0v) is 19.7. The highest BCUT2D eigenvalue weighted by Gasteiger charge is 2.27. The second-order valence-corrected chi connectivity index (χ2v) is 12.6. The van der Waals surface area contributed by atoms with Gasteiger partial charge in [-0.05, 0) is 30.0 Å². The molecule has 1 heterocycles. The molecule has 2 aromatic carbocycles. The summed E-state index contributed by atoms with van der Waals surface area (Å²) in [6, 6.07) is 14.1. The molecular formula is C19H19BN4O3S4.